The van der Waals surface area contributed by atoms with Gasteiger partial charge in [-0.3, -0.25) is 4.79 Å². The molecule has 2 aliphatic rings. The highest BCUT2D eigenvalue weighted by atomic mass is 35.5. The highest BCUT2D eigenvalue weighted by Crippen LogP contribution is 2.34. The topological polar surface area (TPSA) is 105 Å². The molecule has 3 heterocycles. The number of halogens is 1. The van der Waals surface area contributed by atoms with Gasteiger partial charge in [0.2, 0.25) is 0 Å². The van der Waals surface area contributed by atoms with E-state index in [4.69, 9.17) is 16.3 Å². The molecule has 10 heteroatoms. The third-order valence-electron chi connectivity index (χ3n) is 6.75. The van der Waals surface area contributed by atoms with E-state index in [9.17, 15) is 19.5 Å². The van der Waals surface area contributed by atoms with Crippen LogP contribution in [0.5, 0.6) is 0 Å². The molecule has 1 N–H and O–H groups in total. The van der Waals surface area contributed by atoms with Gasteiger partial charge in [-0.25, -0.2) is 14.3 Å². The maximum absolute atomic E-state index is 13.8. The molecule has 0 radical (unpaired) electrons. The lowest BCUT2D eigenvalue weighted by molar-refractivity contribution is 0.0208. The fourth-order valence-corrected chi connectivity index (χ4v) is 5.30. The van der Waals surface area contributed by atoms with Crippen molar-refractivity contribution in [2.45, 2.75) is 52.2 Å². The highest BCUT2D eigenvalue weighted by Gasteiger charge is 2.36. The number of hydrogen-bond donors (Lipinski definition) is 1. The zero-order valence-electron chi connectivity index (χ0n) is 21.7. The third-order valence-corrected chi connectivity index (χ3v) is 6.98. The van der Waals surface area contributed by atoms with E-state index in [1.807, 2.05) is 39.0 Å². The molecule has 0 saturated carbocycles. The van der Waals surface area contributed by atoms with Crippen molar-refractivity contribution in [2.24, 2.45) is 0 Å². The largest absolute Gasteiger partial charge is 0.476 e. The molecular weight excluding hydrogens is 508 g/mol. The third kappa shape index (κ3) is 4.74. The van der Waals surface area contributed by atoms with E-state index >= 15 is 0 Å². The van der Waals surface area contributed by atoms with Gasteiger partial charge in [0.25, 0.3) is 5.91 Å². The number of aromatic nitrogens is 2. The van der Waals surface area contributed by atoms with E-state index in [2.05, 4.69) is 12.0 Å². The number of amides is 2. The molecule has 38 heavy (non-hydrogen) atoms. The molecule has 3 aromatic rings. The molecule has 2 aliphatic heterocycles. The van der Waals surface area contributed by atoms with Gasteiger partial charge in [0.15, 0.2) is 5.69 Å². The summed E-state index contributed by atoms with van der Waals surface area (Å²) in [6.45, 7) is 8.80. The molecule has 0 spiro atoms. The zero-order chi connectivity index (χ0) is 27.4. The van der Waals surface area contributed by atoms with Crippen LogP contribution in [0.2, 0.25) is 5.02 Å². The highest BCUT2D eigenvalue weighted by molar-refractivity contribution is 6.30. The van der Waals surface area contributed by atoms with Crippen LogP contribution in [-0.2, 0) is 17.7 Å². The van der Waals surface area contributed by atoms with E-state index in [0.717, 1.165) is 11.1 Å². The second-order valence-corrected chi connectivity index (χ2v) is 11.2. The molecule has 1 atom stereocenters. The molecular formula is C28H29ClN4O5. The van der Waals surface area contributed by atoms with Gasteiger partial charge in [0, 0.05) is 35.9 Å². The first kappa shape index (κ1) is 25.8. The summed E-state index contributed by atoms with van der Waals surface area (Å²) in [5.74, 6) is -1.43. The summed E-state index contributed by atoms with van der Waals surface area (Å²) in [5, 5.41) is 14.5. The fraction of sp³-hybridized carbons (Fsp3) is 0.357. The lowest BCUT2D eigenvalue weighted by Crippen LogP contribution is -2.41. The number of benzene rings is 2. The van der Waals surface area contributed by atoms with Crippen LogP contribution < -0.4 is 4.90 Å². The normalized spacial score (nSPS) is 17.2. The van der Waals surface area contributed by atoms with Crippen LogP contribution in [0.4, 0.5) is 10.5 Å². The van der Waals surface area contributed by atoms with Crippen LogP contribution in [0.3, 0.4) is 0 Å². The van der Waals surface area contributed by atoms with Crippen LogP contribution in [-0.4, -0.2) is 56.4 Å². The number of carboxylic acid groups (broad SMARTS) is 1. The van der Waals surface area contributed by atoms with Gasteiger partial charge in [0.1, 0.15) is 11.3 Å². The standard InChI is InChI=1S/C28H29ClN4O5/c1-16-14-31(27(37)38-28(2,3)4)15-17-12-19(8-9-21(16)17)32-11-10-22-23(26(35)36)30-33(24(22)25(32)34)20-7-5-6-18(29)13-20/h5-9,12-13,16H,10-11,14-15H2,1-4H3,(H,35,36)/t16-/m0/s1. The van der Waals surface area contributed by atoms with Crippen molar-refractivity contribution in [3.05, 3.63) is 75.6 Å². The second kappa shape index (κ2) is 9.47. The van der Waals surface area contributed by atoms with Gasteiger partial charge in [-0.05, 0) is 74.6 Å². The molecule has 0 saturated heterocycles. The number of aromatic carboxylic acids is 1. The Balaban J connectivity index is 1.50. The molecule has 1 aromatic heterocycles. The van der Waals surface area contributed by atoms with Crippen molar-refractivity contribution in [1.29, 1.82) is 0 Å². The molecule has 2 aromatic carbocycles. The molecule has 0 unspecified atom stereocenters. The average molecular weight is 537 g/mol. The van der Waals surface area contributed by atoms with E-state index in [1.165, 1.54) is 4.68 Å². The Hall–Kier alpha value is -3.85. The summed E-state index contributed by atoms with van der Waals surface area (Å²) in [5.41, 5.74) is 3.12. The van der Waals surface area contributed by atoms with Crippen LogP contribution in [0.15, 0.2) is 42.5 Å². The number of carboxylic acids is 1. The summed E-state index contributed by atoms with van der Waals surface area (Å²) in [6.07, 6.45) is -0.0356. The van der Waals surface area contributed by atoms with E-state index < -0.39 is 11.6 Å². The van der Waals surface area contributed by atoms with E-state index in [0.29, 0.717) is 48.0 Å². The van der Waals surface area contributed by atoms with Gasteiger partial charge in [-0.15, -0.1) is 0 Å². The fourth-order valence-electron chi connectivity index (χ4n) is 5.12. The number of carbonyl (C=O) groups excluding carboxylic acids is 2. The Labute approximate surface area is 225 Å². The second-order valence-electron chi connectivity index (χ2n) is 10.7. The predicted molar refractivity (Wildman–Crippen MR) is 142 cm³/mol. The van der Waals surface area contributed by atoms with E-state index in [1.54, 1.807) is 34.1 Å². The summed E-state index contributed by atoms with van der Waals surface area (Å²) < 4.78 is 6.95. The first-order valence-corrected chi connectivity index (χ1v) is 12.8. The number of fused-ring (bicyclic) bond motifs is 2. The number of ether oxygens (including phenoxy) is 1. The summed E-state index contributed by atoms with van der Waals surface area (Å²) in [6, 6.07) is 12.6. The predicted octanol–water partition coefficient (Wildman–Crippen LogP) is 5.28. The molecule has 2 amide bonds. The van der Waals surface area contributed by atoms with Crippen molar-refractivity contribution in [1.82, 2.24) is 14.7 Å². The van der Waals surface area contributed by atoms with Gasteiger partial charge >= 0.3 is 12.1 Å². The number of anilines is 1. The van der Waals surface area contributed by atoms with Crippen molar-refractivity contribution >= 4 is 35.3 Å². The smallest absolute Gasteiger partial charge is 0.410 e. The van der Waals surface area contributed by atoms with Crippen molar-refractivity contribution in [2.75, 3.05) is 18.0 Å². The molecule has 0 fully saturated rings. The van der Waals surface area contributed by atoms with Crippen molar-refractivity contribution in [3.63, 3.8) is 0 Å². The lowest BCUT2D eigenvalue weighted by Gasteiger charge is -2.35. The summed E-state index contributed by atoms with van der Waals surface area (Å²) in [4.78, 5) is 41.9. The molecule has 0 bridgehead atoms. The first-order valence-electron chi connectivity index (χ1n) is 12.5. The maximum atomic E-state index is 13.8. The Bertz CT molecular complexity index is 1460. The Morgan fingerprint density at radius 2 is 1.89 bits per heavy atom. The Morgan fingerprint density at radius 1 is 1.13 bits per heavy atom. The average Bonchev–Trinajstić information content (AvgIpc) is 3.24. The van der Waals surface area contributed by atoms with Crippen LogP contribution in [0, 0.1) is 0 Å². The molecule has 0 aliphatic carbocycles. The monoisotopic (exact) mass is 536 g/mol. The number of rotatable bonds is 3. The number of nitrogens with zero attached hydrogens (tertiary/aromatic N) is 4. The molecule has 9 nitrogen and oxygen atoms in total. The summed E-state index contributed by atoms with van der Waals surface area (Å²) in [7, 11) is 0. The van der Waals surface area contributed by atoms with Gasteiger partial charge in [0.05, 0.1) is 5.69 Å². The van der Waals surface area contributed by atoms with Gasteiger partial charge in [-0.1, -0.05) is 30.7 Å². The minimum atomic E-state index is -1.19. The number of hydrogen-bond acceptors (Lipinski definition) is 5. The number of carbonyl (C=O) groups is 3. The van der Waals surface area contributed by atoms with Crippen molar-refractivity contribution < 1.29 is 24.2 Å². The maximum Gasteiger partial charge on any atom is 0.410 e. The Kier molecular flexibility index (Phi) is 6.43. The minimum Gasteiger partial charge on any atom is -0.476 e. The van der Waals surface area contributed by atoms with Crippen molar-refractivity contribution in [3.8, 4) is 5.69 Å². The first-order chi connectivity index (χ1) is 17.9. The Morgan fingerprint density at radius 3 is 2.58 bits per heavy atom. The quantitative estimate of drug-likeness (QED) is 0.488. The van der Waals surface area contributed by atoms with Gasteiger partial charge in [-0.2, -0.15) is 5.10 Å². The van der Waals surface area contributed by atoms with Gasteiger partial charge < -0.3 is 19.6 Å². The molecule has 198 valence electrons. The lowest BCUT2D eigenvalue weighted by atomic mass is 9.90. The molecule has 5 rings (SSSR count). The van der Waals surface area contributed by atoms with Crippen LogP contribution in [0.1, 0.15) is 71.3 Å². The zero-order valence-corrected chi connectivity index (χ0v) is 22.5. The SMILES string of the molecule is C[C@H]1CN(C(=O)OC(C)(C)C)Cc2cc(N3CCc4c(C(=O)O)nn(-c5cccc(Cl)c5)c4C3=O)ccc21. The summed E-state index contributed by atoms with van der Waals surface area (Å²) >= 11 is 6.17. The van der Waals surface area contributed by atoms with Crippen LogP contribution in [0.25, 0.3) is 5.69 Å². The minimum absolute atomic E-state index is 0.103. The van der Waals surface area contributed by atoms with E-state index in [-0.39, 0.29) is 29.3 Å². The van der Waals surface area contributed by atoms with Crippen LogP contribution >= 0.6 is 11.6 Å².